The summed E-state index contributed by atoms with van der Waals surface area (Å²) in [4.78, 5) is 1.06. The molecule has 0 fully saturated rings. The summed E-state index contributed by atoms with van der Waals surface area (Å²) in [5, 5.41) is 5.02. The van der Waals surface area contributed by atoms with Crippen LogP contribution in [0.25, 0.3) is 32.7 Å². The average Bonchev–Trinajstić information content (AvgIpc) is 2.55. The summed E-state index contributed by atoms with van der Waals surface area (Å²) >= 11 is 4.87. The van der Waals surface area contributed by atoms with Crippen LogP contribution in [0.1, 0.15) is 5.56 Å². The molecule has 4 rings (SSSR count). The SMILES string of the molecule is Cc1cccc2ccc(-c3cccc4ccccc34)c(S)c12. The Bertz CT molecular complexity index is 994. The summed E-state index contributed by atoms with van der Waals surface area (Å²) in [6.45, 7) is 2.15. The predicted molar refractivity (Wildman–Crippen MR) is 98.9 cm³/mol. The van der Waals surface area contributed by atoms with E-state index in [1.54, 1.807) is 0 Å². The van der Waals surface area contributed by atoms with Gasteiger partial charge in [-0.05, 0) is 45.2 Å². The van der Waals surface area contributed by atoms with Crippen LogP contribution < -0.4 is 0 Å². The van der Waals surface area contributed by atoms with Crippen molar-refractivity contribution in [3.63, 3.8) is 0 Å². The molecule has 0 unspecified atom stereocenters. The maximum absolute atomic E-state index is 4.87. The van der Waals surface area contributed by atoms with Gasteiger partial charge < -0.3 is 0 Å². The molecule has 0 bridgehead atoms. The van der Waals surface area contributed by atoms with E-state index in [1.807, 2.05) is 0 Å². The van der Waals surface area contributed by atoms with Crippen molar-refractivity contribution in [2.45, 2.75) is 11.8 Å². The molecule has 1 heteroatoms. The third-order valence-corrected chi connectivity index (χ3v) is 4.77. The van der Waals surface area contributed by atoms with Crippen molar-refractivity contribution in [3.05, 3.63) is 78.4 Å². The van der Waals surface area contributed by atoms with Crippen molar-refractivity contribution < 1.29 is 0 Å². The number of hydrogen-bond donors (Lipinski definition) is 1. The molecule has 0 aliphatic heterocycles. The summed E-state index contributed by atoms with van der Waals surface area (Å²) in [5.74, 6) is 0. The molecule has 0 radical (unpaired) electrons. The maximum atomic E-state index is 4.87. The number of fused-ring (bicyclic) bond motifs is 2. The van der Waals surface area contributed by atoms with Crippen molar-refractivity contribution in [2.75, 3.05) is 0 Å². The molecule has 0 saturated heterocycles. The molecule has 0 saturated carbocycles. The first-order chi connectivity index (χ1) is 10.8. The molecule has 0 heterocycles. The molecule has 22 heavy (non-hydrogen) atoms. The zero-order valence-electron chi connectivity index (χ0n) is 12.4. The fourth-order valence-electron chi connectivity index (χ4n) is 3.22. The predicted octanol–water partition coefficient (Wildman–Crippen LogP) is 6.26. The monoisotopic (exact) mass is 300 g/mol. The smallest absolute Gasteiger partial charge is 0.0200 e. The highest BCUT2D eigenvalue weighted by Crippen LogP contribution is 2.37. The Balaban J connectivity index is 2.09. The molecular formula is C21H16S. The van der Waals surface area contributed by atoms with Crippen molar-refractivity contribution in [2.24, 2.45) is 0 Å². The first-order valence-electron chi connectivity index (χ1n) is 7.45. The molecule has 0 aromatic heterocycles. The van der Waals surface area contributed by atoms with Crippen LogP contribution >= 0.6 is 12.6 Å². The lowest BCUT2D eigenvalue weighted by atomic mass is 9.95. The van der Waals surface area contributed by atoms with Gasteiger partial charge in [0, 0.05) is 4.90 Å². The molecule has 4 aromatic rings. The molecule has 0 atom stereocenters. The van der Waals surface area contributed by atoms with E-state index < -0.39 is 0 Å². The number of hydrogen-bond acceptors (Lipinski definition) is 1. The normalized spacial score (nSPS) is 11.2. The number of aryl methyl sites for hydroxylation is 1. The third kappa shape index (κ3) is 2.01. The zero-order valence-corrected chi connectivity index (χ0v) is 13.3. The van der Waals surface area contributed by atoms with Crippen molar-refractivity contribution in [3.8, 4) is 11.1 Å². The van der Waals surface area contributed by atoms with Crippen LogP contribution in [-0.2, 0) is 0 Å². The summed E-state index contributed by atoms with van der Waals surface area (Å²) < 4.78 is 0. The summed E-state index contributed by atoms with van der Waals surface area (Å²) in [6, 6.07) is 25.7. The van der Waals surface area contributed by atoms with Gasteiger partial charge in [0.25, 0.3) is 0 Å². The standard InChI is InChI=1S/C21H16S/c1-14-6-4-9-16-12-13-19(21(22)20(14)16)18-11-5-8-15-7-2-3-10-17(15)18/h2-13,22H,1H3. The first-order valence-corrected chi connectivity index (χ1v) is 7.90. The number of thiol groups is 1. The van der Waals surface area contributed by atoms with Gasteiger partial charge in [-0.3, -0.25) is 0 Å². The molecular weight excluding hydrogens is 284 g/mol. The van der Waals surface area contributed by atoms with Gasteiger partial charge in [0.1, 0.15) is 0 Å². The van der Waals surface area contributed by atoms with Gasteiger partial charge in [0.15, 0.2) is 0 Å². The van der Waals surface area contributed by atoms with Crippen molar-refractivity contribution in [1.82, 2.24) is 0 Å². The van der Waals surface area contributed by atoms with E-state index in [9.17, 15) is 0 Å². The Morgan fingerprint density at radius 1 is 0.636 bits per heavy atom. The van der Waals surface area contributed by atoms with Gasteiger partial charge in [-0.2, -0.15) is 0 Å². The lowest BCUT2D eigenvalue weighted by Gasteiger charge is -2.13. The van der Waals surface area contributed by atoms with Crippen LogP contribution in [-0.4, -0.2) is 0 Å². The fourth-order valence-corrected chi connectivity index (χ4v) is 3.72. The minimum atomic E-state index is 1.06. The summed E-state index contributed by atoms with van der Waals surface area (Å²) in [5.41, 5.74) is 3.71. The van der Waals surface area contributed by atoms with Crippen LogP contribution in [0.5, 0.6) is 0 Å². The van der Waals surface area contributed by atoms with E-state index >= 15 is 0 Å². The van der Waals surface area contributed by atoms with Gasteiger partial charge in [0.2, 0.25) is 0 Å². The number of benzene rings is 4. The molecule has 106 valence electrons. The average molecular weight is 300 g/mol. The second-order valence-corrected chi connectivity index (χ2v) is 6.11. The Morgan fingerprint density at radius 2 is 1.36 bits per heavy atom. The molecule has 4 aromatic carbocycles. The molecule has 0 aliphatic rings. The molecule has 0 nitrogen and oxygen atoms in total. The summed E-state index contributed by atoms with van der Waals surface area (Å²) in [6.07, 6.45) is 0. The minimum absolute atomic E-state index is 1.06. The molecule has 0 N–H and O–H groups in total. The number of rotatable bonds is 1. The van der Waals surface area contributed by atoms with Gasteiger partial charge >= 0.3 is 0 Å². The third-order valence-electron chi connectivity index (χ3n) is 4.31. The Kier molecular flexibility index (Phi) is 3.16. The van der Waals surface area contributed by atoms with Crippen molar-refractivity contribution in [1.29, 1.82) is 0 Å². The van der Waals surface area contributed by atoms with Crippen LogP contribution in [0.2, 0.25) is 0 Å². The molecule has 0 spiro atoms. The summed E-state index contributed by atoms with van der Waals surface area (Å²) in [7, 11) is 0. The molecule has 0 aliphatic carbocycles. The largest absolute Gasteiger partial charge is 0.142 e. The Morgan fingerprint density at radius 3 is 2.27 bits per heavy atom. The van der Waals surface area contributed by atoms with Gasteiger partial charge in [-0.1, -0.05) is 72.8 Å². The van der Waals surface area contributed by atoms with Crippen LogP contribution in [0.3, 0.4) is 0 Å². The zero-order chi connectivity index (χ0) is 15.1. The van der Waals surface area contributed by atoms with Crippen LogP contribution in [0, 0.1) is 6.92 Å². The van der Waals surface area contributed by atoms with Gasteiger partial charge in [0.05, 0.1) is 0 Å². The second kappa shape index (κ2) is 5.19. The van der Waals surface area contributed by atoms with E-state index in [4.69, 9.17) is 12.6 Å². The van der Waals surface area contributed by atoms with Gasteiger partial charge in [-0.25, -0.2) is 0 Å². The minimum Gasteiger partial charge on any atom is -0.142 e. The van der Waals surface area contributed by atoms with Crippen LogP contribution in [0.4, 0.5) is 0 Å². The maximum Gasteiger partial charge on any atom is 0.0200 e. The van der Waals surface area contributed by atoms with E-state index in [0.717, 1.165) is 4.90 Å². The lowest BCUT2D eigenvalue weighted by Crippen LogP contribution is -1.87. The van der Waals surface area contributed by atoms with Crippen LogP contribution in [0.15, 0.2) is 77.7 Å². The lowest BCUT2D eigenvalue weighted by molar-refractivity contribution is 1.46. The Hall–Kier alpha value is -2.25. The fraction of sp³-hybridized carbons (Fsp3) is 0.0476. The second-order valence-electron chi connectivity index (χ2n) is 5.66. The topological polar surface area (TPSA) is 0 Å². The van der Waals surface area contributed by atoms with E-state index in [0.29, 0.717) is 0 Å². The highest BCUT2D eigenvalue weighted by molar-refractivity contribution is 7.80. The van der Waals surface area contributed by atoms with Crippen molar-refractivity contribution >= 4 is 34.2 Å². The quantitative estimate of drug-likeness (QED) is 0.394. The van der Waals surface area contributed by atoms with E-state index in [1.165, 1.54) is 38.2 Å². The van der Waals surface area contributed by atoms with Gasteiger partial charge in [-0.15, -0.1) is 12.6 Å². The van der Waals surface area contributed by atoms with E-state index in [2.05, 4.69) is 79.7 Å². The van der Waals surface area contributed by atoms with E-state index in [-0.39, 0.29) is 0 Å². The Labute approximate surface area is 135 Å². The highest BCUT2D eigenvalue weighted by Gasteiger charge is 2.10. The molecule has 0 amide bonds. The highest BCUT2D eigenvalue weighted by atomic mass is 32.1. The first kappa shape index (κ1) is 13.4.